The van der Waals surface area contributed by atoms with Crippen molar-refractivity contribution in [2.24, 2.45) is 5.92 Å². The van der Waals surface area contributed by atoms with Crippen molar-refractivity contribution in [3.05, 3.63) is 30.1 Å². The number of carbonyl (C=O) groups is 2. The molecule has 0 radical (unpaired) electrons. The third-order valence-electron chi connectivity index (χ3n) is 5.41. The van der Waals surface area contributed by atoms with E-state index in [9.17, 15) is 14.0 Å². The highest BCUT2D eigenvalue weighted by atomic mass is 19.1. The first-order valence-corrected chi connectivity index (χ1v) is 8.64. The normalized spacial score (nSPS) is 29.9. The average Bonchev–Trinajstić information content (AvgIpc) is 3.21. The Morgan fingerprint density at radius 2 is 1.92 bits per heavy atom. The predicted molar refractivity (Wildman–Crippen MR) is 86.0 cm³/mol. The second kappa shape index (κ2) is 6.16. The van der Waals surface area contributed by atoms with Gasteiger partial charge in [0.2, 0.25) is 11.8 Å². The van der Waals surface area contributed by atoms with E-state index in [1.165, 1.54) is 12.1 Å². The highest BCUT2D eigenvalue weighted by Crippen LogP contribution is 2.33. The van der Waals surface area contributed by atoms with Gasteiger partial charge in [-0.15, -0.1) is 0 Å². The Kier molecular flexibility index (Phi) is 4.00. The van der Waals surface area contributed by atoms with Crippen molar-refractivity contribution in [2.75, 3.05) is 24.6 Å². The number of rotatable bonds is 2. The number of anilines is 1. The van der Waals surface area contributed by atoms with E-state index in [4.69, 9.17) is 4.74 Å². The van der Waals surface area contributed by atoms with Crippen molar-refractivity contribution < 1.29 is 18.7 Å². The first-order valence-electron chi connectivity index (χ1n) is 8.64. The summed E-state index contributed by atoms with van der Waals surface area (Å²) >= 11 is 0. The Balaban J connectivity index is 1.49. The molecular weight excluding hydrogens is 311 g/mol. The van der Waals surface area contributed by atoms with E-state index in [0.29, 0.717) is 31.8 Å². The predicted octanol–water partition coefficient (Wildman–Crippen LogP) is 1.96. The summed E-state index contributed by atoms with van der Waals surface area (Å²) in [4.78, 5) is 29.1. The minimum absolute atomic E-state index is 0.0650. The van der Waals surface area contributed by atoms with Crippen molar-refractivity contribution in [1.82, 2.24) is 4.90 Å². The molecule has 3 aliphatic rings. The van der Waals surface area contributed by atoms with E-state index in [1.54, 1.807) is 17.0 Å². The Morgan fingerprint density at radius 3 is 2.71 bits per heavy atom. The number of fused-ring (bicyclic) bond motifs is 1. The van der Waals surface area contributed by atoms with Gasteiger partial charge in [-0.3, -0.25) is 9.59 Å². The lowest BCUT2D eigenvalue weighted by molar-refractivity contribution is -0.150. The highest BCUT2D eigenvalue weighted by Gasteiger charge is 2.45. The van der Waals surface area contributed by atoms with Crippen LogP contribution in [-0.4, -0.2) is 48.6 Å². The minimum atomic E-state index is -0.616. The van der Waals surface area contributed by atoms with Crippen molar-refractivity contribution in [3.63, 3.8) is 0 Å². The maximum Gasteiger partial charge on any atom is 0.239 e. The smallest absolute Gasteiger partial charge is 0.239 e. The number of morpholine rings is 1. The van der Waals surface area contributed by atoms with Crippen LogP contribution in [0.1, 0.15) is 25.7 Å². The molecular formula is C18H21FN2O3. The lowest BCUT2D eigenvalue weighted by atomic mass is 10.0. The standard InChI is InChI=1S/C18H21FN2O3/c19-12-4-6-13(7-5-12)20-9-8-14(17(20)22)18(23)21-10-11-24-16-3-1-2-15(16)21/h4-7,14-16H,1-3,8-11H2/t14-,15-,16+/m1/s1. The summed E-state index contributed by atoms with van der Waals surface area (Å²) in [6.07, 6.45) is 3.67. The number of halogens is 1. The van der Waals surface area contributed by atoms with E-state index in [-0.39, 0.29) is 29.8 Å². The van der Waals surface area contributed by atoms with Gasteiger partial charge in [-0.1, -0.05) is 0 Å². The van der Waals surface area contributed by atoms with Gasteiger partial charge in [0, 0.05) is 18.8 Å². The summed E-state index contributed by atoms with van der Waals surface area (Å²) in [5, 5.41) is 0. The van der Waals surface area contributed by atoms with Crippen LogP contribution in [-0.2, 0) is 14.3 Å². The molecule has 1 aromatic carbocycles. The summed E-state index contributed by atoms with van der Waals surface area (Å²) in [5.41, 5.74) is 0.650. The van der Waals surface area contributed by atoms with Crippen LogP contribution in [0.4, 0.5) is 10.1 Å². The molecule has 3 atom stereocenters. The van der Waals surface area contributed by atoms with Crippen molar-refractivity contribution in [3.8, 4) is 0 Å². The van der Waals surface area contributed by atoms with Crippen LogP contribution >= 0.6 is 0 Å². The molecule has 1 saturated carbocycles. The molecule has 6 heteroatoms. The van der Waals surface area contributed by atoms with Crippen LogP contribution in [0.2, 0.25) is 0 Å². The van der Waals surface area contributed by atoms with Crippen LogP contribution in [0.5, 0.6) is 0 Å². The number of amides is 2. The van der Waals surface area contributed by atoms with Gasteiger partial charge in [-0.05, 0) is 49.9 Å². The van der Waals surface area contributed by atoms with E-state index < -0.39 is 5.92 Å². The van der Waals surface area contributed by atoms with Crippen LogP contribution in [0.25, 0.3) is 0 Å². The number of ether oxygens (including phenoxy) is 1. The highest BCUT2D eigenvalue weighted by molar-refractivity contribution is 6.09. The second-order valence-electron chi connectivity index (χ2n) is 6.75. The van der Waals surface area contributed by atoms with Gasteiger partial charge in [0.1, 0.15) is 11.7 Å². The van der Waals surface area contributed by atoms with Gasteiger partial charge in [-0.25, -0.2) is 4.39 Å². The van der Waals surface area contributed by atoms with Gasteiger partial charge in [0.25, 0.3) is 0 Å². The van der Waals surface area contributed by atoms with E-state index in [2.05, 4.69) is 0 Å². The Labute approximate surface area is 140 Å². The van der Waals surface area contributed by atoms with Gasteiger partial charge < -0.3 is 14.5 Å². The molecule has 0 spiro atoms. The Hall–Kier alpha value is -1.95. The molecule has 128 valence electrons. The molecule has 0 unspecified atom stereocenters. The molecule has 24 heavy (non-hydrogen) atoms. The molecule has 0 N–H and O–H groups in total. The maximum atomic E-state index is 13.1. The number of nitrogens with zero attached hydrogens (tertiary/aromatic N) is 2. The Bertz CT molecular complexity index is 648. The van der Waals surface area contributed by atoms with Gasteiger partial charge in [-0.2, -0.15) is 0 Å². The lowest BCUT2D eigenvalue weighted by Crippen LogP contribution is -2.53. The molecule has 5 nitrogen and oxygen atoms in total. The third kappa shape index (κ3) is 2.59. The Morgan fingerprint density at radius 1 is 1.12 bits per heavy atom. The molecule has 0 aromatic heterocycles. The summed E-state index contributed by atoms with van der Waals surface area (Å²) in [7, 11) is 0. The molecule has 3 fully saturated rings. The molecule has 4 rings (SSSR count). The topological polar surface area (TPSA) is 49.9 Å². The second-order valence-corrected chi connectivity index (χ2v) is 6.75. The van der Waals surface area contributed by atoms with Gasteiger partial charge >= 0.3 is 0 Å². The number of hydrogen-bond donors (Lipinski definition) is 0. The number of carbonyl (C=O) groups excluding carboxylic acids is 2. The van der Waals surface area contributed by atoms with Crippen LogP contribution < -0.4 is 4.90 Å². The van der Waals surface area contributed by atoms with Crippen molar-refractivity contribution in [1.29, 1.82) is 0 Å². The molecule has 2 amide bonds. The molecule has 2 saturated heterocycles. The van der Waals surface area contributed by atoms with E-state index in [0.717, 1.165) is 19.3 Å². The third-order valence-corrected chi connectivity index (χ3v) is 5.41. The molecule has 2 heterocycles. The largest absolute Gasteiger partial charge is 0.374 e. The zero-order valence-electron chi connectivity index (χ0n) is 13.5. The lowest BCUT2D eigenvalue weighted by Gasteiger charge is -2.38. The fourth-order valence-corrected chi connectivity index (χ4v) is 4.19. The molecule has 1 aromatic rings. The number of hydrogen-bond acceptors (Lipinski definition) is 3. The van der Waals surface area contributed by atoms with Gasteiger partial charge in [0.05, 0.1) is 18.8 Å². The van der Waals surface area contributed by atoms with Crippen molar-refractivity contribution >= 4 is 17.5 Å². The summed E-state index contributed by atoms with van der Waals surface area (Å²) < 4.78 is 18.8. The van der Waals surface area contributed by atoms with Crippen LogP contribution in [0, 0.1) is 11.7 Å². The van der Waals surface area contributed by atoms with E-state index in [1.807, 2.05) is 4.90 Å². The van der Waals surface area contributed by atoms with E-state index >= 15 is 0 Å². The summed E-state index contributed by atoms with van der Waals surface area (Å²) in [5.74, 6) is -1.19. The zero-order chi connectivity index (χ0) is 16.7. The van der Waals surface area contributed by atoms with Gasteiger partial charge in [0.15, 0.2) is 0 Å². The average molecular weight is 332 g/mol. The zero-order valence-corrected chi connectivity index (χ0v) is 13.5. The fraction of sp³-hybridized carbons (Fsp3) is 0.556. The minimum Gasteiger partial charge on any atom is -0.374 e. The number of benzene rings is 1. The van der Waals surface area contributed by atoms with Crippen LogP contribution in [0.15, 0.2) is 24.3 Å². The molecule has 2 aliphatic heterocycles. The fourth-order valence-electron chi connectivity index (χ4n) is 4.19. The quantitative estimate of drug-likeness (QED) is 0.778. The summed E-state index contributed by atoms with van der Waals surface area (Å²) in [6, 6.07) is 5.97. The SMILES string of the molecule is O=C1[C@H](C(=O)N2CCO[C@H]3CCC[C@H]32)CCN1c1ccc(F)cc1. The summed E-state index contributed by atoms with van der Waals surface area (Å²) in [6.45, 7) is 1.62. The maximum absolute atomic E-state index is 13.1. The monoisotopic (exact) mass is 332 g/mol. The van der Waals surface area contributed by atoms with Crippen molar-refractivity contribution in [2.45, 2.75) is 37.8 Å². The molecule has 1 aliphatic carbocycles. The van der Waals surface area contributed by atoms with Crippen LogP contribution in [0.3, 0.4) is 0 Å². The first kappa shape index (κ1) is 15.6. The molecule has 0 bridgehead atoms. The first-order chi connectivity index (χ1) is 11.6.